The first-order chi connectivity index (χ1) is 22.8. The molecule has 3 aromatic carbocycles. The minimum atomic E-state index is -0.200. The number of amides is 2. The molecule has 0 radical (unpaired) electrons. The SMILES string of the molecule is CCOc1ccc(CC2c3cc(OCC)c(OCC)cc3CCN2C(=O)NC2CCN(Cc3cc(Cl)cc(Cl)c3)CC2)cc1OCC. The van der Waals surface area contributed by atoms with E-state index in [2.05, 4.69) is 28.4 Å². The Kier molecular flexibility index (Phi) is 12.4. The van der Waals surface area contributed by atoms with Gasteiger partial charge in [-0.15, -0.1) is 0 Å². The van der Waals surface area contributed by atoms with Gasteiger partial charge >= 0.3 is 6.03 Å². The number of likely N-dealkylation sites (tertiary alicyclic amines) is 1. The van der Waals surface area contributed by atoms with Crippen LogP contribution in [0.25, 0.3) is 0 Å². The van der Waals surface area contributed by atoms with Crippen molar-refractivity contribution in [3.05, 3.63) is 80.8 Å². The van der Waals surface area contributed by atoms with Crippen molar-refractivity contribution in [3.63, 3.8) is 0 Å². The van der Waals surface area contributed by atoms with Crippen molar-refractivity contribution in [2.24, 2.45) is 0 Å². The van der Waals surface area contributed by atoms with Crippen LogP contribution in [0.15, 0.2) is 48.5 Å². The lowest BCUT2D eigenvalue weighted by Gasteiger charge is -2.40. The molecule has 0 saturated carbocycles. The molecule has 254 valence electrons. The average Bonchev–Trinajstić information content (AvgIpc) is 3.04. The zero-order valence-corrected chi connectivity index (χ0v) is 29.5. The summed E-state index contributed by atoms with van der Waals surface area (Å²) < 4.78 is 23.7. The highest BCUT2D eigenvalue weighted by Crippen LogP contribution is 2.41. The van der Waals surface area contributed by atoms with Gasteiger partial charge in [-0.25, -0.2) is 4.79 Å². The number of fused-ring (bicyclic) bond motifs is 1. The van der Waals surface area contributed by atoms with Crippen LogP contribution < -0.4 is 24.3 Å². The second-order valence-corrected chi connectivity index (χ2v) is 12.8. The summed E-state index contributed by atoms with van der Waals surface area (Å²) >= 11 is 12.4. The third-order valence-corrected chi connectivity index (χ3v) is 9.14. The number of piperidine rings is 1. The molecule has 0 aromatic heterocycles. The molecule has 5 rings (SSSR count). The summed E-state index contributed by atoms with van der Waals surface area (Å²) in [7, 11) is 0. The minimum absolute atomic E-state index is 0.0384. The fourth-order valence-corrected chi connectivity index (χ4v) is 7.18. The second kappa shape index (κ2) is 16.7. The molecule has 1 atom stereocenters. The minimum Gasteiger partial charge on any atom is -0.490 e. The van der Waals surface area contributed by atoms with Crippen LogP contribution in [-0.2, 0) is 19.4 Å². The van der Waals surface area contributed by atoms with Crippen LogP contribution in [0.4, 0.5) is 4.79 Å². The van der Waals surface area contributed by atoms with E-state index in [4.69, 9.17) is 42.1 Å². The maximum absolute atomic E-state index is 14.1. The third kappa shape index (κ3) is 8.98. The van der Waals surface area contributed by atoms with Crippen molar-refractivity contribution in [1.29, 1.82) is 0 Å². The van der Waals surface area contributed by atoms with E-state index in [-0.39, 0.29) is 18.1 Å². The Bertz CT molecular complexity index is 1490. The molecule has 2 amide bonds. The molecule has 0 bridgehead atoms. The number of urea groups is 1. The molecule has 2 aliphatic rings. The molecule has 3 aromatic rings. The molecule has 10 heteroatoms. The molecule has 0 aliphatic carbocycles. The van der Waals surface area contributed by atoms with E-state index in [1.54, 1.807) is 6.07 Å². The summed E-state index contributed by atoms with van der Waals surface area (Å²) in [5.41, 5.74) is 4.42. The maximum atomic E-state index is 14.1. The Labute approximate surface area is 289 Å². The Morgan fingerprint density at radius 2 is 1.34 bits per heavy atom. The Hall–Kier alpha value is -3.33. The lowest BCUT2D eigenvalue weighted by atomic mass is 9.88. The van der Waals surface area contributed by atoms with Crippen molar-refractivity contribution in [2.45, 2.75) is 72.0 Å². The van der Waals surface area contributed by atoms with Crippen LogP contribution in [0.3, 0.4) is 0 Å². The van der Waals surface area contributed by atoms with Gasteiger partial charge in [0.25, 0.3) is 0 Å². The topological polar surface area (TPSA) is 72.5 Å². The third-order valence-electron chi connectivity index (χ3n) is 8.70. The largest absolute Gasteiger partial charge is 0.490 e. The summed E-state index contributed by atoms with van der Waals surface area (Å²) in [6, 6.07) is 15.8. The molecule has 2 heterocycles. The van der Waals surface area contributed by atoms with Crippen molar-refractivity contribution >= 4 is 29.2 Å². The van der Waals surface area contributed by atoms with Crippen LogP contribution in [-0.4, -0.2) is 67.9 Å². The summed E-state index contributed by atoms with van der Waals surface area (Å²) in [6.07, 6.45) is 3.10. The van der Waals surface area contributed by atoms with Crippen LogP contribution >= 0.6 is 23.2 Å². The number of benzene rings is 3. The number of nitrogens with one attached hydrogen (secondary N) is 1. The average molecular weight is 685 g/mol. The standard InChI is InChI=1S/C37H47Cl2N3O5/c1-5-44-33-10-9-25(20-34(33)45-6-2)19-32-31-23-36(47-8-4)35(46-7-3)21-27(31)11-16-42(32)37(43)40-30-12-14-41(15-13-30)24-26-17-28(38)22-29(39)18-26/h9-10,17-18,20-23,30,32H,5-8,11-16,19,24H2,1-4H3,(H,40,43). The predicted octanol–water partition coefficient (Wildman–Crippen LogP) is 8.10. The number of hydrogen-bond donors (Lipinski definition) is 1. The van der Waals surface area contributed by atoms with Crippen molar-refractivity contribution in [1.82, 2.24) is 15.1 Å². The number of carbonyl (C=O) groups excluding carboxylic acids is 1. The van der Waals surface area contributed by atoms with Gasteiger partial charge in [-0.3, -0.25) is 4.90 Å². The molecule has 1 N–H and O–H groups in total. The van der Waals surface area contributed by atoms with E-state index in [1.165, 1.54) is 5.56 Å². The van der Waals surface area contributed by atoms with E-state index in [9.17, 15) is 4.79 Å². The second-order valence-electron chi connectivity index (χ2n) is 12.0. The number of nitrogens with zero attached hydrogens (tertiary/aromatic N) is 2. The zero-order valence-electron chi connectivity index (χ0n) is 28.0. The van der Waals surface area contributed by atoms with Gasteiger partial charge in [-0.2, -0.15) is 0 Å². The molecule has 1 unspecified atom stereocenters. The van der Waals surface area contributed by atoms with Gasteiger partial charge < -0.3 is 29.2 Å². The lowest BCUT2D eigenvalue weighted by Crippen LogP contribution is -2.51. The fraction of sp³-hybridized carbons (Fsp3) is 0.486. The van der Waals surface area contributed by atoms with Gasteiger partial charge in [-0.1, -0.05) is 29.3 Å². The normalized spacial score (nSPS) is 16.8. The van der Waals surface area contributed by atoms with Gasteiger partial charge in [-0.05, 0) is 118 Å². The first kappa shape index (κ1) is 35.0. The van der Waals surface area contributed by atoms with Gasteiger partial charge in [0.1, 0.15) is 0 Å². The summed E-state index contributed by atoms with van der Waals surface area (Å²) in [4.78, 5) is 18.5. The van der Waals surface area contributed by atoms with Crippen molar-refractivity contribution in [3.8, 4) is 23.0 Å². The van der Waals surface area contributed by atoms with Gasteiger partial charge in [0.05, 0.1) is 32.5 Å². The van der Waals surface area contributed by atoms with E-state index in [0.717, 1.165) is 67.1 Å². The summed E-state index contributed by atoms with van der Waals surface area (Å²) in [6.45, 7) is 13.2. The first-order valence-electron chi connectivity index (χ1n) is 16.9. The zero-order chi connectivity index (χ0) is 33.3. The van der Waals surface area contributed by atoms with Gasteiger partial charge in [0.15, 0.2) is 23.0 Å². The van der Waals surface area contributed by atoms with Crippen LogP contribution in [0.5, 0.6) is 23.0 Å². The predicted molar refractivity (Wildman–Crippen MR) is 188 cm³/mol. The first-order valence-corrected chi connectivity index (χ1v) is 17.6. The monoisotopic (exact) mass is 683 g/mol. The smallest absolute Gasteiger partial charge is 0.318 e. The lowest BCUT2D eigenvalue weighted by molar-refractivity contribution is 0.150. The quantitative estimate of drug-likeness (QED) is 0.196. The van der Waals surface area contributed by atoms with Gasteiger partial charge in [0.2, 0.25) is 0 Å². The van der Waals surface area contributed by atoms with Crippen molar-refractivity contribution in [2.75, 3.05) is 46.1 Å². The number of halogens is 2. The molecule has 8 nitrogen and oxygen atoms in total. The molecule has 1 fully saturated rings. The Morgan fingerprint density at radius 1 is 0.745 bits per heavy atom. The van der Waals surface area contributed by atoms with E-state index < -0.39 is 0 Å². The van der Waals surface area contributed by atoms with Crippen LogP contribution in [0.2, 0.25) is 10.0 Å². The Morgan fingerprint density at radius 3 is 1.98 bits per heavy atom. The number of ether oxygens (including phenoxy) is 4. The number of carbonyl (C=O) groups is 1. The summed E-state index contributed by atoms with van der Waals surface area (Å²) in [5, 5.41) is 4.68. The molecular formula is C37H47Cl2N3O5. The molecule has 2 aliphatic heterocycles. The Balaban J connectivity index is 1.35. The van der Waals surface area contributed by atoms with Crippen LogP contribution in [0, 0.1) is 0 Å². The van der Waals surface area contributed by atoms with E-state index >= 15 is 0 Å². The maximum Gasteiger partial charge on any atom is 0.318 e. The highest BCUT2D eigenvalue weighted by Gasteiger charge is 2.34. The molecule has 47 heavy (non-hydrogen) atoms. The highest BCUT2D eigenvalue weighted by molar-refractivity contribution is 6.34. The highest BCUT2D eigenvalue weighted by atomic mass is 35.5. The molecular weight excluding hydrogens is 637 g/mol. The van der Waals surface area contributed by atoms with E-state index in [1.807, 2.05) is 56.9 Å². The summed E-state index contributed by atoms with van der Waals surface area (Å²) in [5.74, 6) is 2.89. The van der Waals surface area contributed by atoms with Crippen LogP contribution in [0.1, 0.15) is 68.8 Å². The molecule has 0 spiro atoms. The van der Waals surface area contributed by atoms with E-state index in [0.29, 0.717) is 60.9 Å². The van der Waals surface area contributed by atoms with Gasteiger partial charge in [0, 0.05) is 42.3 Å². The number of rotatable bonds is 13. The van der Waals surface area contributed by atoms with Crippen molar-refractivity contribution < 1.29 is 23.7 Å². The number of hydrogen-bond acceptors (Lipinski definition) is 6. The fourth-order valence-electron chi connectivity index (χ4n) is 6.61. The molecule has 1 saturated heterocycles.